The lowest BCUT2D eigenvalue weighted by atomic mass is 10.0. The van der Waals surface area contributed by atoms with Crippen LogP contribution in [0.2, 0.25) is 0 Å². The Hall–Kier alpha value is -3.59. The van der Waals surface area contributed by atoms with E-state index in [4.69, 9.17) is 9.72 Å². The molecule has 32 heavy (non-hydrogen) atoms. The largest absolute Gasteiger partial charge is 0.378 e. The summed E-state index contributed by atoms with van der Waals surface area (Å²) >= 11 is 0. The zero-order chi connectivity index (χ0) is 22.2. The Bertz CT molecular complexity index is 1290. The number of ketones is 1. The molecule has 4 heterocycles. The maximum atomic E-state index is 12.2. The molecule has 9 nitrogen and oxygen atoms in total. The second-order valence-corrected chi connectivity index (χ2v) is 8.18. The predicted molar refractivity (Wildman–Crippen MR) is 124 cm³/mol. The van der Waals surface area contributed by atoms with Gasteiger partial charge in [0.2, 0.25) is 5.95 Å². The fourth-order valence-corrected chi connectivity index (χ4v) is 4.04. The van der Waals surface area contributed by atoms with Crippen molar-refractivity contribution < 1.29 is 9.53 Å². The van der Waals surface area contributed by atoms with E-state index in [0.29, 0.717) is 17.3 Å². The van der Waals surface area contributed by atoms with Crippen LogP contribution in [0.5, 0.6) is 0 Å². The van der Waals surface area contributed by atoms with E-state index in [0.717, 1.165) is 53.8 Å². The molecule has 0 bridgehead atoms. The van der Waals surface area contributed by atoms with Gasteiger partial charge in [0.05, 0.1) is 36.8 Å². The number of hydrogen-bond acceptors (Lipinski definition) is 8. The molecule has 164 valence electrons. The monoisotopic (exact) mass is 431 g/mol. The zero-order valence-corrected chi connectivity index (χ0v) is 18.4. The molecule has 1 aromatic carbocycles. The highest BCUT2D eigenvalue weighted by Gasteiger charge is 2.18. The van der Waals surface area contributed by atoms with E-state index in [2.05, 4.69) is 39.1 Å². The van der Waals surface area contributed by atoms with Crippen molar-refractivity contribution in [2.45, 2.75) is 26.8 Å². The number of hydrogen-bond donors (Lipinski definition) is 1. The number of morpholine rings is 1. The number of carbonyl (C=O) groups is 1. The maximum absolute atomic E-state index is 12.2. The summed E-state index contributed by atoms with van der Waals surface area (Å²) in [6, 6.07) is 5.92. The molecule has 0 saturated carbocycles. The lowest BCUT2D eigenvalue weighted by Crippen LogP contribution is -2.36. The van der Waals surface area contributed by atoms with Crippen molar-refractivity contribution in [1.29, 1.82) is 0 Å². The number of nitrogens with zero attached hydrogens (tertiary/aromatic N) is 6. The molecule has 0 radical (unpaired) electrons. The highest BCUT2D eigenvalue weighted by atomic mass is 16.5. The Labute approximate surface area is 185 Å². The second kappa shape index (κ2) is 8.16. The Kier molecular flexibility index (Phi) is 5.18. The van der Waals surface area contributed by atoms with E-state index in [-0.39, 0.29) is 11.8 Å². The number of ether oxygens (including phenoxy) is 1. The van der Waals surface area contributed by atoms with Gasteiger partial charge >= 0.3 is 0 Å². The molecule has 1 aliphatic heterocycles. The first-order valence-electron chi connectivity index (χ1n) is 10.7. The van der Waals surface area contributed by atoms with Gasteiger partial charge in [-0.25, -0.2) is 15.0 Å². The van der Waals surface area contributed by atoms with Crippen molar-refractivity contribution in [3.8, 4) is 0 Å². The minimum Gasteiger partial charge on any atom is -0.378 e. The van der Waals surface area contributed by atoms with Crippen LogP contribution in [0.1, 0.15) is 37.2 Å². The van der Waals surface area contributed by atoms with Crippen LogP contribution in [0.3, 0.4) is 0 Å². The molecule has 0 aliphatic carbocycles. The number of aromatic nitrogens is 5. The molecule has 4 aromatic rings. The van der Waals surface area contributed by atoms with Gasteiger partial charge < -0.3 is 15.0 Å². The number of anilines is 3. The summed E-state index contributed by atoms with van der Waals surface area (Å²) in [5, 5.41) is 9.31. The molecule has 0 atom stereocenters. The first-order chi connectivity index (χ1) is 15.5. The average Bonchev–Trinajstić information content (AvgIpc) is 3.25. The van der Waals surface area contributed by atoms with E-state index in [1.54, 1.807) is 19.3 Å². The Morgan fingerprint density at radius 2 is 1.94 bits per heavy atom. The summed E-state index contributed by atoms with van der Waals surface area (Å²) in [5.74, 6) is 1.10. The number of carbonyl (C=O) groups excluding carboxylic acids is 1. The summed E-state index contributed by atoms with van der Waals surface area (Å²) in [7, 11) is 0. The standard InChI is InChI=1S/C23H25N7O2/c1-14(2)30-22-19(13-26-30)18(15(3)31)10-16-11-25-23(28-21(16)22)27-20-5-4-17(12-24-20)29-6-8-32-9-7-29/h4-5,10-14H,6-9H2,1-3H3,(H,24,25,27,28). The first kappa shape index (κ1) is 20.3. The third-order valence-electron chi connectivity index (χ3n) is 5.66. The predicted octanol–water partition coefficient (Wildman–Crippen LogP) is 3.74. The van der Waals surface area contributed by atoms with Crippen molar-refractivity contribution in [3.63, 3.8) is 0 Å². The van der Waals surface area contributed by atoms with Crippen LogP contribution in [-0.4, -0.2) is 56.8 Å². The molecule has 3 aromatic heterocycles. The zero-order valence-electron chi connectivity index (χ0n) is 18.4. The van der Waals surface area contributed by atoms with Crippen LogP contribution >= 0.6 is 0 Å². The van der Waals surface area contributed by atoms with Crippen LogP contribution in [0.4, 0.5) is 17.5 Å². The molecule has 1 aliphatic rings. The van der Waals surface area contributed by atoms with E-state index in [9.17, 15) is 4.79 Å². The third kappa shape index (κ3) is 3.64. The highest BCUT2D eigenvalue weighted by molar-refractivity contribution is 6.14. The second-order valence-electron chi connectivity index (χ2n) is 8.18. The quantitative estimate of drug-likeness (QED) is 0.477. The van der Waals surface area contributed by atoms with Crippen LogP contribution in [0, 0.1) is 0 Å². The molecule has 1 saturated heterocycles. The maximum Gasteiger partial charge on any atom is 0.228 e. The Balaban J connectivity index is 1.51. The molecule has 0 spiro atoms. The summed E-state index contributed by atoms with van der Waals surface area (Å²) in [6.45, 7) is 8.87. The fraction of sp³-hybridized carbons (Fsp3) is 0.348. The normalized spacial score (nSPS) is 14.4. The van der Waals surface area contributed by atoms with Crippen LogP contribution in [0.15, 0.2) is 36.8 Å². The van der Waals surface area contributed by atoms with Crippen molar-refractivity contribution in [2.24, 2.45) is 0 Å². The number of fused-ring (bicyclic) bond motifs is 3. The highest BCUT2D eigenvalue weighted by Crippen LogP contribution is 2.30. The molecule has 1 N–H and O–H groups in total. The van der Waals surface area contributed by atoms with Gasteiger partial charge in [0.15, 0.2) is 5.78 Å². The van der Waals surface area contributed by atoms with Gasteiger partial charge in [0.25, 0.3) is 0 Å². The summed E-state index contributed by atoms with van der Waals surface area (Å²) in [6.07, 6.45) is 5.32. The summed E-state index contributed by atoms with van der Waals surface area (Å²) in [5.41, 5.74) is 3.28. The SMILES string of the molecule is CC(=O)c1cc2cnc(Nc3ccc(N4CCOCC4)cn3)nc2c2c1cnn2C(C)C. The van der Waals surface area contributed by atoms with E-state index in [1.807, 2.05) is 29.1 Å². The Morgan fingerprint density at radius 3 is 2.62 bits per heavy atom. The van der Waals surface area contributed by atoms with Gasteiger partial charge in [-0.15, -0.1) is 0 Å². The fourth-order valence-electron chi connectivity index (χ4n) is 4.04. The molecular formula is C23H25N7O2. The molecule has 1 fully saturated rings. The molecule has 0 amide bonds. The molecule has 5 rings (SSSR count). The van der Waals surface area contributed by atoms with Crippen molar-refractivity contribution >= 4 is 45.0 Å². The Morgan fingerprint density at radius 1 is 1.12 bits per heavy atom. The first-order valence-corrected chi connectivity index (χ1v) is 10.7. The number of rotatable bonds is 5. The van der Waals surface area contributed by atoms with E-state index >= 15 is 0 Å². The summed E-state index contributed by atoms with van der Waals surface area (Å²) < 4.78 is 7.31. The van der Waals surface area contributed by atoms with Crippen LogP contribution in [-0.2, 0) is 4.74 Å². The van der Waals surface area contributed by atoms with Crippen molar-refractivity contribution in [1.82, 2.24) is 24.7 Å². The van der Waals surface area contributed by atoms with Crippen LogP contribution < -0.4 is 10.2 Å². The topological polar surface area (TPSA) is 98.1 Å². The minimum atomic E-state index is -0.00744. The molecule has 0 unspecified atom stereocenters. The van der Waals surface area contributed by atoms with Gasteiger partial charge in [-0.3, -0.25) is 9.48 Å². The van der Waals surface area contributed by atoms with E-state index < -0.39 is 0 Å². The molecular weight excluding hydrogens is 406 g/mol. The van der Waals surface area contributed by atoms with Crippen LogP contribution in [0.25, 0.3) is 21.8 Å². The average molecular weight is 432 g/mol. The summed E-state index contributed by atoms with van der Waals surface area (Å²) in [4.78, 5) is 28.2. The number of Topliss-reactive ketones (excluding diaryl/α,β-unsaturated/α-hetero) is 1. The third-order valence-corrected chi connectivity index (χ3v) is 5.66. The smallest absolute Gasteiger partial charge is 0.228 e. The number of pyridine rings is 1. The van der Waals surface area contributed by atoms with Crippen molar-refractivity contribution in [3.05, 3.63) is 42.4 Å². The van der Waals surface area contributed by atoms with Crippen molar-refractivity contribution in [2.75, 3.05) is 36.5 Å². The van der Waals surface area contributed by atoms with Gasteiger partial charge in [0.1, 0.15) is 11.3 Å². The van der Waals surface area contributed by atoms with E-state index in [1.165, 1.54) is 0 Å². The number of benzene rings is 1. The van der Waals surface area contributed by atoms with Gasteiger partial charge in [-0.1, -0.05) is 0 Å². The van der Waals surface area contributed by atoms with Gasteiger partial charge in [-0.05, 0) is 39.0 Å². The van der Waals surface area contributed by atoms with Gasteiger partial charge in [-0.2, -0.15) is 5.10 Å². The lowest BCUT2D eigenvalue weighted by molar-refractivity contribution is 0.101. The van der Waals surface area contributed by atoms with Gasteiger partial charge in [0, 0.05) is 41.7 Å². The lowest BCUT2D eigenvalue weighted by Gasteiger charge is -2.28. The minimum absolute atomic E-state index is 0.00744. The number of nitrogens with one attached hydrogen (secondary N) is 1. The molecule has 9 heteroatoms.